The SMILES string of the molecule is CC(C)n1c(=O)ccn(NC2CCCc3c(Br)cccc32)c1=O. The molecule has 1 atom stereocenters. The van der Waals surface area contributed by atoms with Crippen molar-refractivity contribution >= 4 is 15.9 Å². The first-order chi connectivity index (χ1) is 11.0. The van der Waals surface area contributed by atoms with Crippen LogP contribution in [0.2, 0.25) is 0 Å². The zero-order chi connectivity index (χ0) is 16.6. The molecule has 0 fully saturated rings. The molecule has 0 bridgehead atoms. The van der Waals surface area contributed by atoms with Crippen molar-refractivity contribution in [2.24, 2.45) is 0 Å². The van der Waals surface area contributed by atoms with Crippen LogP contribution in [-0.4, -0.2) is 9.24 Å². The lowest BCUT2D eigenvalue weighted by molar-refractivity contribution is 0.493. The van der Waals surface area contributed by atoms with E-state index in [1.165, 1.54) is 32.6 Å². The van der Waals surface area contributed by atoms with Gasteiger partial charge in [-0.2, -0.15) is 0 Å². The number of hydrogen-bond acceptors (Lipinski definition) is 3. The maximum Gasteiger partial charge on any atom is 0.349 e. The predicted molar refractivity (Wildman–Crippen MR) is 94.5 cm³/mol. The lowest BCUT2D eigenvalue weighted by atomic mass is 9.88. The van der Waals surface area contributed by atoms with Crippen molar-refractivity contribution in [3.63, 3.8) is 0 Å². The smallest absolute Gasteiger partial charge is 0.314 e. The Kier molecular flexibility index (Phi) is 4.43. The molecule has 122 valence electrons. The highest BCUT2D eigenvalue weighted by atomic mass is 79.9. The van der Waals surface area contributed by atoms with Gasteiger partial charge in [-0.05, 0) is 50.3 Å². The molecule has 1 aromatic heterocycles. The van der Waals surface area contributed by atoms with Gasteiger partial charge in [-0.15, -0.1) is 0 Å². The summed E-state index contributed by atoms with van der Waals surface area (Å²) in [5.74, 6) is 0. The molecule has 2 aromatic rings. The summed E-state index contributed by atoms with van der Waals surface area (Å²) >= 11 is 3.61. The second-order valence-corrected chi connectivity index (χ2v) is 7.01. The van der Waals surface area contributed by atoms with Crippen LogP contribution in [0.25, 0.3) is 0 Å². The van der Waals surface area contributed by atoms with Crippen molar-refractivity contribution in [3.8, 4) is 0 Å². The van der Waals surface area contributed by atoms with Gasteiger partial charge >= 0.3 is 5.69 Å². The number of halogens is 1. The second kappa shape index (κ2) is 6.35. The number of fused-ring (bicyclic) bond motifs is 1. The van der Waals surface area contributed by atoms with Gasteiger partial charge in [-0.3, -0.25) is 9.36 Å². The van der Waals surface area contributed by atoms with Gasteiger partial charge in [0.2, 0.25) is 0 Å². The van der Waals surface area contributed by atoms with E-state index in [0.29, 0.717) is 0 Å². The van der Waals surface area contributed by atoms with Gasteiger partial charge in [0.15, 0.2) is 0 Å². The second-order valence-electron chi connectivity index (χ2n) is 6.15. The molecule has 0 amide bonds. The summed E-state index contributed by atoms with van der Waals surface area (Å²) in [5.41, 5.74) is 5.19. The number of nitrogens with zero attached hydrogens (tertiary/aromatic N) is 2. The van der Waals surface area contributed by atoms with Gasteiger partial charge in [0.1, 0.15) is 0 Å². The number of nitrogens with one attached hydrogen (secondary N) is 1. The molecule has 5 nitrogen and oxygen atoms in total. The third-order valence-electron chi connectivity index (χ3n) is 4.28. The van der Waals surface area contributed by atoms with Crippen LogP contribution in [0, 0.1) is 0 Å². The monoisotopic (exact) mass is 377 g/mol. The summed E-state index contributed by atoms with van der Waals surface area (Å²) in [6.45, 7) is 3.67. The van der Waals surface area contributed by atoms with E-state index < -0.39 is 0 Å². The lowest BCUT2D eigenvalue weighted by Gasteiger charge is -2.28. The Morgan fingerprint density at radius 2 is 2.04 bits per heavy atom. The molecule has 0 aliphatic heterocycles. The number of hydrogen-bond donors (Lipinski definition) is 1. The number of aromatic nitrogens is 2. The van der Waals surface area contributed by atoms with E-state index in [1.54, 1.807) is 0 Å². The molecular formula is C17H20BrN3O2. The Balaban J connectivity index is 1.99. The van der Waals surface area contributed by atoms with Crippen LogP contribution in [0.3, 0.4) is 0 Å². The lowest BCUT2D eigenvalue weighted by Crippen LogP contribution is -2.44. The van der Waals surface area contributed by atoms with Crippen LogP contribution in [0.15, 0.2) is 44.5 Å². The molecule has 6 heteroatoms. The minimum atomic E-state index is -0.324. The minimum Gasteiger partial charge on any atom is -0.314 e. The standard InChI is InChI=1S/C17H20BrN3O2/c1-11(2)21-16(22)9-10-20(17(21)23)19-15-8-4-5-12-13(15)6-3-7-14(12)18/h3,6-7,9-11,15,19H,4-5,8H2,1-2H3. The van der Waals surface area contributed by atoms with E-state index in [2.05, 4.69) is 27.4 Å². The third-order valence-corrected chi connectivity index (χ3v) is 5.02. The summed E-state index contributed by atoms with van der Waals surface area (Å²) < 4.78 is 3.81. The molecule has 1 N–H and O–H groups in total. The van der Waals surface area contributed by atoms with Crippen LogP contribution in [0.1, 0.15) is 49.9 Å². The Labute approximate surface area is 143 Å². The topological polar surface area (TPSA) is 56.0 Å². The highest BCUT2D eigenvalue weighted by Gasteiger charge is 2.22. The molecule has 1 heterocycles. The Bertz CT molecular complexity index is 838. The molecular weight excluding hydrogens is 358 g/mol. The Morgan fingerprint density at radius 1 is 1.26 bits per heavy atom. The Morgan fingerprint density at radius 3 is 2.78 bits per heavy atom. The van der Waals surface area contributed by atoms with Crippen molar-refractivity contribution < 1.29 is 0 Å². The fraction of sp³-hybridized carbons (Fsp3) is 0.412. The van der Waals surface area contributed by atoms with E-state index in [1.807, 2.05) is 26.0 Å². The van der Waals surface area contributed by atoms with Crippen LogP contribution in [-0.2, 0) is 6.42 Å². The fourth-order valence-corrected chi connectivity index (χ4v) is 3.75. The van der Waals surface area contributed by atoms with Crippen LogP contribution < -0.4 is 16.7 Å². The number of rotatable bonds is 3. The first-order valence-electron chi connectivity index (χ1n) is 7.87. The first kappa shape index (κ1) is 16.1. The molecule has 0 saturated heterocycles. The molecule has 1 aliphatic rings. The minimum absolute atomic E-state index is 0.0621. The maximum atomic E-state index is 12.5. The van der Waals surface area contributed by atoms with E-state index >= 15 is 0 Å². The summed E-state index contributed by atoms with van der Waals surface area (Å²) in [6.07, 6.45) is 4.58. The maximum absolute atomic E-state index is 12.5. The molecule has 0 saturated carbocycles. The van der Waals surface area contributed by atoms with Crippen LogP contribution in [0.5, 0.6) is 0 Å². The third kappa shape index (κ3) is 3.00. The largest absolute Gasteiger partial charge is 0.349 e. The summed E-state index contributed by atoms with van der Waals surface area (Å²) in [6, 6.07) is 7.48. The van der Waals surface area contributed by atoms with Gasteiger partial charge in [-0.25, -0.2) is 9.47 Å². The Hall–Kier alpha value is -1.82. The van der Waals surface area contributed by atoms with Gasteiger partial charge < -0.3 is 5.43 Å². The average molecular weight is 378 g/mol. The van der Waals surface area contributed by atoms with Crippen LogP contribution in [0.4, 0.5) is 0 Å². The van der Waals surface area contributed by atoms with Crippen molar-refractivity contribution in [1.29, 1.82) is 0 Å². The highest BCUT2D eigenvalue weighted by molar-refractivity contribution is 9.10. The van der Waals surface area contributed by atoms with Crippen LogP contribution >= 0.6 is 15.9 Å². The molecule has 3 rings (SSSR count). The summed E-state index contributed by atoms with van der Waals surface area (Å²) in [4.78, 5) is 24.4. The molecule has 1 unspecified atom stereocenters. The molecule has 23 heavy (non-hydrogen) atoms. The van der Waals surface area contributed by atoms with Crippen molar-refractivity contribution in [3.05, 3.63) is 66.9 Å². The molecule has 1 aromatic carbocycles. The van der Waals surface area contributed by atoms with Gasteiger partial charge in [0, 0.05) is 22.8 Å². The zero-order valence-electron chi connectivity index (χ0n) is 13.3. The van der Waals surface area contributed by atoms with E-state index in [0.717, 1.165) is 23.7 Å². The highest BCUT2D eigenvalue weighted by Crippen LogP contribution is 2.34. The van der Waals surface area contributed by atoms with E-state index in [-0.39, 0.29) is 23.3 Å². The average Bonchev–Trinajstić information content (AvgIpc) is 2.51. The van der Waals surface area contributed by atoms with Crippen molar-refractivity contribution in [2.45, 2.75) is 45.2 Å². The zero-order valence-corrected chi connectivity index (χ0v) is 14.8. The first-order valence-corrected chi connectivity index (χ1v) is 8.66. The van der Waals surface area contributed by atoms with Crippen molar-refractivity contribution in [2.75, 3.05) is 5.43 Å². The predicted octanol–water partition coefficient (Wildman–Crippen LogP) is 2.97. The molecule has 0 radical (unpaired) electrons. The molecule has 1 aliphatic carbocycles. The van der Waals surface area contributed by atoms with Gasteiger partial charge in [0.05, 0.1) is 6.04 Å². The van der Waals surface area contributed by atoms with Gasteiger partial charge in [0.25, 0.3) is 5.56 Å². The molecule has 0 spiro atoms. The fourth-order valence-electron chi connectivity index (χ4n) is 3.17. The summed E-state index contributed by atoms with van der Waals surface area (Å²) in [7, 11) is 0. The van der Waals surface area contributed by atoms with Gasteiger partial charge in [-0.1, -0.05) is 28.1 Å². The normalized spacial score (nSPS) is 17.1. The summed E-state index contributed by atoms with van der Waals surface area (Å²) in [5, 5.41) is 0. The van der Waals surface area contributed by atoms with E-state index in [4.69, 9.17) is 0 Å². The van der Waals surface area contributed by atoms with Crippen molar-refractivity contribution in [1.82, 2.24) is 9.24 Å². The quantitative estimate of drug-likeness (QED) is 0.894. The van der Waals surface area contributed by atoms with E-state index in [9.17, 15) is 9.59 Å². The number of benzene rings is 1.